The lowest BCUT2D eigenvalue weighted by Gasteiger charge is -2.12. The number of nitrogens with two attached hydrogens (primary N) is 1. The molecule has 0 bridgehead atoms. The summed E-state index contributed by atoms with van der Waals surface area (Å²) in [4.78, 5) is 28.7. The summed E-state index contributed by atoms with van der Waals surface area (Å²) < 4.78 is 5.18. The summed E-state index contributed by atoms with van der Waals surface area (Å²) in [6.45, 7) is 1.48. The van der Waals surface area contributed by atoms with Crippen LogP contribution in [0.3, 0.4) is 0 Å². The minimum atomic E-state index is -0.998. The normalized spacial score (nSPS) is 11.7. The van der Waals surface area contributed by atoms with Gasteiger partial charge in [-0.25, -0.2) is 9.78 Å². The highest BCUT2D eigenvalue weighted by atomic mass is 35.5. The molecule has 0 aliphatic heterocycles. The number of carbonyl (C=O) groups is 2. The summed E-state index contributed by atoms with van der Waals surface area (Å²) in [5, 5.41) is 5.66. The number of esters is 1. The molecule has 0 aliphatic rings. The van der Waals surface area contributed by atoms with Gasteiger partial charge in [0.05, 0.1) is 21.3 Å². The van der Waals surface area contributed by atoms with Crippen LogP contribution in [0.1, 0.15) is 17.3 Å². The smallest absolute Gasteiger partial charge is 0.338 e. The van der Waals surface area contributed by atoms with Crippen molar-refractivity contribution in [2.24, 2.45) is 0 Å². The van der Waals surface area contributed by atoms with E-state index in [0.29, 0.717) is 32.1 Å². The zero-order valence-corrected chi connectivity index (χ0v) is 16.9. The van der Waals surface area contributed by atoms with Crippen molar-refractivity contribution < 1.29 is 14.3 Å². The van der Waals surface area contributed by atoms with Crippen molar-refractivity contribution in [3.8, 4) is 11.3 Å². The number of anilines is 2. The van der Waals surface area contributed by atoms with E-state index in [9.17, 15) is 9.59 Å². The van der Waals surface area contributed by atoms with Gasteiger partial charge in [-0.15, -0.1) is 11.3 Å². The van der Waals surface area contributed by atoms with Crippen LogP contribution >= 0.6 is 34.5 Å². The Balaban J connectivity index is 1.62. The van der Waals surface area contributed by atoms with Crippen LogP contribution in [-0.2, 0) is 9.53 Å². The van der Waals surface area contributed by atoms with E-state index in [1.165, 1.54) is 30.4 Å². The van der Waals surface area contributed by atoms with E-state index in [-0.39, 0.29) is 0 Å². The van der Waals surface area contributed by atoms with E-state index in [0.717, 1.165) is 5.56 Å². The van der Waals surface area contributed by atoms with Gasteiger partial charge in [0.25, 0.3) is 5.91 Å². The molecule has 6 nitrogen and oxygen atoms in total. The zero-order valence-electron chi connectivity index (χ0n) is 14.6. The molecular weight excluding hydrogens is 421 g/mol. The Labute approximate surface area is 175 Å². The van der Waals surface area contributed by atoms with Crippen molar-refractivity contribution in [1.82, 2.24) is 4.98 Å². The fourth-order valence-electron chi connectivity index (χ4n) is 2.23. The molecule has 1 amide bonds. The summed E-state index contributed by atoms with van der Waals surface area (Å²) >= 11 is 13.2. The van der Waals surface area contributed by atoms with Crippen LogP contribution in [0, 0.1) is 0 Å². The van der Waals surface area contributed by atoms with Gasteiger partial charge >= 0.3 is 5.97 Å². The first-order chi connectivity index (χ1) is 13.3. The SMILES string of the molecule is CC(OC(=O)c1ccc(N)cc1)C(=O)Nc1nc(-c2ccc(Cl)c(Cl)c2)cs1. The van der Waals surface area contributed by atoms with Crippen LogP contribution in [0.15, 0.2) is 47.8 Å². The van der Waals surface area contributed by atoms with Gasteiger partial charge in [-0.3, -0.25) is 10.1 Å². The highest BCUT2D eigenvalue weighted by Gasteiger charge is 2.20. The maximum atomic E-state index is 12.3. The number of rotatable bonds is 5. The van der Waals surface area contributed by atoms with E-state index >= 15 is 0 Å². The van der Waals surface area contributed by atoms with Gasteiger partial charge in [0.15, 0.2) is 11.2 Å². The number of nitrogens with one attached hydrogen (secondary N) is 1. The minimum absolute atomic E-state index is 0.310. The minimum Gasteiger partial charge on any atom is -0.449 e. The topological polar surface area (TPSA) is 94.3 Å². The number of aromatic nitrogens is 1. The van der Waals surface area contributed by atoms with E-state index < -0.39 is 18.0 Å². The lowest BCUT2D eigenvalue weighted by molar-refractivity contribution is -0.123. The Bertz CT molecular complexity index is 1020. The quantitative estimate of drug-likeness (QED) is 0.439. The predicted octanol–water partition coefficient (Wildman–Crippen LogP) is 4.88. The Morgan fingerprint density at radius 3 is 2.54 bits per heavy atom. The molecule has 3 aromatic rings. The molecule has 1 aromatic heterocycles. The second kappa shape index (κ2) is 8.60. The van der Waals surface area contributed by atoms with Crippen molar-refractivity contribution in [2.45, 2.75) is 13.0 Å². The number of benzene rings is 2. The Morgan fingerprint density at radius 1 is 1.14 bits per heavy atom. The van der Waals surface area contributed by atoms with E-state index in [1.54, 1.807) is 35.7 Å². The third-order valence-corrected chi connectivity index (χ3v) is 5.25. The Hall–Kier alpha value is -2.61. The first-order valence-corrected chi connectivity index (χ1v) is 9.75. The van der Waals surface area contributed by atoms with Gasteiger partial charge in [0, 0.05) is 16.6 Å². The molecule has 144 valence electrons. The van der Waals surface area contributed by atoms with Gasteiger partial charge in [0.1, 0.15) is 0 Å². The lowest BCUT2D eigenvalue weighted by Crippen LogP contribution is -2.29. The van der Waals surface area contributed by atoms with Crippen molar-refractivity contribution in [2.75, 3.05) is 11.1 Å². The molecule has 28 heavy (non-hydrogen) atoms. The zero-order chi connectivity index (χ0) is 20.3. The summed E-state index contributed by atoms with van der Waals surface area (Å²) in [5.41, 5.74) is 7.84. The van der Waals surface area contributed by atoms with E-state index in [1.807, 2.05) is 0 Å². The largest absolute Gasteiger partial charge is 0.449 e. The first kappa shape index (κ1) is 20.1. The number of carbonyl (C=O) groups excluding carboxylic acids is 2. The molecule has 0 saturated heterocycles. The van der Waals surface area contributed by atoms with Gasteiger partial charge in [-0.1, -0.05) is 29.3 Å². The summed E-state index contributed by atoms with van der Waals surface area (Å²) in [7, 11) is 0. The first-order valence-electron chi connectivity index (χ1n) is 8.12. The van der Waals surface area contributed by atoms with Gasteiger partial charge in [-0.2, -0.15) is 0 Å². The molecule has 0 radical (unpaired) electrons. The molecule has 0 fully saturated rings. The number of thiazole rings is 1. The second-order valence-electron chi connectivity index (χ2n) is 5.83. The van der Waals surface area contributed by atoms with Crippen molar-refractivity contribution in [3.05, 3.63) is 63.5 Å². The standard InChI is InChI=1S/C19H15Cl2N3O3S/c1-10(27-18(26)11-2-5-13(22)6-3-11)17(25)24-19-23-16(9-28-19)12-4-7-14(20)15(21)8-12/h2-10H,22H2,1H3,(H,23,24,25). The Kier molecular flexibility index (Phi) is 6.18. The molecule has 0 spiro atoms. The maximum absolute atomic E-state index is 12.3. The maximum Gasteiger partial charge on any atom is 0.338 e. The molecule has 2 aromatic carbocycles. The second-order valence-corrected chi connectivity index (χ2v) is 7.50. The molecule has 3 N–H and O–H groups in total. The Morgan fingerprint density at radius 2 is 1.86 bits per heavy atom. The molecule has 1 atom stereocenters. The molecule has 9 heteroatoms. The van der Waals surface area contributed by atoms with Gasteiger partial charge in [-0.05, 0) is 43.3 Å². The van der Waals surface area contributed by atoms with Crippen LogP contribution in [0.5, 0.6) is 0 Å². The van der Waals surface area contributed by atoms with Crippen molar-refractivity contribution in [3.63, 3.8) is 0 Å². The number of hydrogen-bond donors (Lipinski definition) is 2. The van der Waals surface area contributed by atoms with Crippen LogP contribution in [0.25, 0.3) is 11.3 Å². The average Bonchev–Trinajstić information content (AvgIpc) is 3.12. The van der Waals surface area contributed by atoms with Crippen LogP contribution in [-0.4, -0.2) is 23.0 Å². The number of hydrogen-bond acceptors (Lipinski definition) is 6. The molecule has 1 unspecified atom stereocenters. The van der Waals surface area contributed by atoms with Crippen molar-refractivity contribution in [1.29, 1.82) is 0 Å². The van der Waals surface area contributed by atoms with Crippen LogP contribution in [0.2, 0.25) is 10.0 Å². The highest BCUT2D eigenvalue weighted by molar-refractivity contribution is 7.14. The van der Waals surface area contributed by atoms with Crippen LogP contribution in [0.4, 0.5) is 10.8 Å². The van der Waals surface area contributed by atoms with Crippen LogP contribution < -0.4 is 11.1 Å². The molecule has 0 saturated carbocycles. The molecule has 0 aliphatic carbocycles. The third kappa shape index (κ3) is 4.81. The summed E-state index contributed by atoms with van der Waals surface area (Å²) in [6.07, 6.45) is -0.998. The lowest BCUT2D eigenvalue weighted by atomic mass is 10.2. The predicted molar refractivity (Wildman–Crippen MR) is 112 cm³/mol. The van der Waals surface area contributed by atoms with Gasteiger partial charge in [0.2, 0.25) is 0 Å². The number of nitrogens with zero attached hydrogens (tertiary/aromatic N) is 1. The third-order valence-electron chi connectivity index (χ3n) is 3.75. The van der Waals surface area contributed by atoms with E-state index in [4.69, 9.17) is 33.7 Å². The summed E-state index contributed by atoms with van der Waals surface area (Å²) in [5.74, 6) is -1.10. The number of nitrogen functional groups attached to an aromatic ring is 1. The summed E-state index contributed by atoms with van der Waals surface area (Å²) in [6, 6.07) is 11.4. The highest BCUT2D eigenvalue weighted by Crippen LogP contribution is 2.30. The monoisotopic (exact) mass is 435 g/mol. The number of amides is 1. The van der Waals surface area contributed by atoms with Gasteiger partial charge < -0.3 is 10.5 Å². The molecular formula is C19H15Cl2N3O3S. The van der Waals surface area contributed by atoms with Crippen molar-refractivity contribution >= 4 is 57.2 Å². The average molecular weight is 436 g/mol. The fourth-order valence-corrected chi connectivity index (χ4v) is 3.25. The molecule has 3 rings (SSSR count). The number of ether oxygens (including phenoxy) is 1. The fraction of sp³-hybridized carbons (Fsp3) is 0.105. The molecule has 1 heterocycles. The van der Waals surface area contributed by atoms with E-state index in [2.05, 4.69) is 10.3 Å². The number of halogens is 2.